The Kier molecular flexibility index (Phi) is 7.60. The summed E-state index contributed by atoms with van der Waals surface area (Å²) >= 11 is 0. The first-order valence-electron chi connectivity index (χ1n) is 6.55. The summed E-state index contributed by atoms with van der Waals surface area (Å²) in [7, 11) is 1.63. The molecular weight excluding hydrogens is 263 g/mol. The number of nitrogens with two attached hydrogens (primary N) is 1. The van der Waals surface area contributed by atoms with Crippen molar-refractivity contribution in [2.75, 3.05) is 39.2 Å². The van der Waals surface area contributed by atoms with Crippen LogP contribution < -0.4 is 11.1 Å². The molecule has 0 bridgehead atoms. The first-order chi connectivity index (χ1) is 9.65. The number of methoxy groups -OCH3 is 1. The lowest BCUT2D eigenvalue weighted by Crippen LogP contribution is -2.24. The highest BCUT2D eigenvalue weighted by Crippen LogP contribution is 2.11. The van der Waals surface area contributed by atoms with Crippen LogP contribution in [0.2, 0.25) is 0 Å². The van der Waals surface area contributed by atoms with Gasteiger partial charge in [-0.1, -0.05) is 0 Å². The molecule has 1 aromatic rings. The van der Waals surface area contributed by atoms with Crippen molar-refractivity contribution in [3.05, 3.63) is 29.6 Å². The molecule has 20 heavy (non-hydrogen) atoms. The zero-order valence-electron chi connectivity index (χ0n) is 11.7. The third-order valence-corrected chi connectivity index (χ3v) is 2.69. The lowest BCUT2D eigenvalue weighted by atomic mass is 10.2. The Balaban J connectivity index is 2.15. The fraction of sp³-hybridized carbons (Fsp3) is 0.500. The van der Waals surface area contributed by atoms with Gasteiger partial charge in [-0.05, 0) is 31.0 Å². The number of anilines is 1. The van der Waals surface area contributed by atoms with Crippen molar-refractivity contribution in [3.63, 3.8) is 0 Å². The van der Waals surface area contributed by atoms with Gasteiger partial charge < -0.3 is 20.5 Å². The molecule has 112 valence electrons. The Morgan fingerprint density at radius 2 is 2.10 bits per heavy atom. The van der Waals surface area contributed by atoms with Crippen LogP contribution in [0.3, 0.4) is 0 Å². The Morgan fingerprint density at radius 3 is 2.80 bits per heavy atom. The Hall–Kier alpha value is -1.66. The summed E-state index contributed by atoms with van der Waals surface area (Å²) in [4.78, 5) is 11.7. The summed E-state index contributed by atoms with van der Waals surface area (Å²) < 4.78 is 23.1. The van der Waals surface area contributed by atoms with Crippen LogP contribution >= 0.6 is 0 Å². The van der Waals surface area contributed by atoms with Crippen molar-refractivity contribution in [2.45, 2.75) is 12.8 Å². The average Bonchev–Trinajstić information content (AvgIpc) is 2.44. The number of carbonyl (C=O) groups excluding carboxylic acids is 1. The predicted octanol–water partition coefficient (Wildman–Crippen LogP) is 1.58. The fourth-order valence-electron chi connectivity index (χ4n) is 1.56. The molecule has 0 aliphatic carbocycles. The molecule has 3 N–H and O–H groups in total. The lowest BCUT2D eigenvalue weighted by molar-refractivity contribution is 0.0686. The molecule has 0 fully saturated rings. The van der Waals surface area contributed by atoms with Gasteiger partial charge in [-0.2, -0.15) is 0 Å². The van der Waals surface area contributed by atoms with Crippen LogP contribution in [0.25, 0.3) is 0 Å². The number of amides is 1. The van der Waals surface area contributed by atoms with Gasteiger partial charge in [0.1, 0.15) is 5.82 Å². The maximum atomic E-state index is 13.0. The molecule has 0 heterocycles. The number of halogens is 1. The highest BCUT2D eigenvalue weighted by atomic mass is 19.1. The van der Waals surface area contributed by atoms with Crippen LogP contribution in [-0.4, -0.2) is 39.4 Å². The third kappa shape index (κ3) is 5.99. The van der Waals surface area contributed by atoms with Gasteiger partial charge in [-0.3, -0.25) is 4.79 Å². The maximum absolute atomic E-state index is 13.0. The molecule has 1 amide bonds. The Bertz CT molecular complexity index is 427. The summed E-state index contributed by atoms with van der Waals surface area (Å²) in [6.07, 6.45) is 1.67. The van der Waals surface area contributed by atoms with Crippen molar-refractivity contribution in [1.82, 2.24) is 5.32 Å². The molecule has 0 atom stereocenters. The second-order valence-corrected chi connectivity index (χ2v) is 4.30. The number of unbranched alkanes of at least 4 members (excludes halogenated alkanes) is 1. The van der Waals surface area contributed by atoms with Gasteiger partial charge in [0.25, 0.3) is 5.91 Å². The summed E-state index contributed by atoms with van der Waals surface area (Å²) in [6, 6.07) is 3.93. The minimum Gasteiger partial charge on any atom is -0.396 e. The van der Waals surface area contributed by atoms with Gasteiger partial charge in [0.15, 0.2) is 0 Å². The SMILES string of the molecule is COCCOCCCCNC(=O)c1ccc(F)c(N)c1. The van der Waals surface area contributed by atoms with Crippen molar-refractivity contribution in [1.29, 1.82) is 0 Å². The van der Waals surface area contributed by atoms with E-state index >= 15 is 0 Å². The quantitative estimate of drug-likeness (QED) is 0.533. The van der Waals surface area contributed by atoms with Crippen LogP contribution in [0.1, 0.15) is 23.2 Å². The number of benzene rings is 1. The number of hydrogen-bond donors (Lipinski definition) is 2. The molecule has 0 aliphatic rings. The summed E-state index contributed by atoms with van der Waals surface area (Å²) in [6.45, 7) is 2.35. The van der Waals surface area contributed by atoms with Crippen LogP contribution in [0.5, 0.6) is 0 Å². The van der Waals surface area contributed by atoms with E-state index in [2.05, 4.69) is 5.32 Å². The zero-order chi connectivity index (χ0) is 14.8. The molecule has 1 aromatic carbocycles. The van der Waals surface area contributed by atoms with Crippen LogP contribution in [0, 0.1) is 5.82 Å². The van der Waals surface area contributed by atoms with E-state index in [-0.39, 0.29) is 11.6 Å². The monoisotopic (exact) mass is 284 g/mol. The van der Waals surface area contributed by atoms with Crippen LogP contribution in [0.15, 0.2) is 18.2 Å². The highest BCUT2D eigenvalue weighted by molar-refractivity contribution is 5.94. The largest absolute Gasteiger partial charge is 0.396 e. The summed E-state index contributed by atoms with van der Waals surface area (Å²) in [5.74, 6) is -0.772. The number of nitrogens with one attached hydrogen (secondary N) is 1. The second kappa shape index (κ2) is 9.28. The summed E-state index contributed by atoms with van der Waals surface area (Å²) in [5.41, 5.74) is 5.75. The van der Waals surface area contributed by atoms with E-state index in [1.54, 1.807) is 7.11 Å². The normalized spacial score (nSPS) is 10.5. The van der Waals surface area contributed by atoms with Gasteiger partial charge >= 0.3 is 0 Å². The number of rotatable bonds is 9. The zero-order valence-corrected chi connectivity index (χ0v) is 11.7. The maximum Gasteiger partial charge on any atom is 0.251 e. The minimum atomic E-state index is -0.519. The molecule has 0 aromatic heterocycles. The molecule has 1 rings (SSSR count). The molecule has 0 aliphatic heterocycles. The Labute approximate surface area is 118 Å². The molecule has 0 saturated heterocycles. The molecule has 6 heteroatoms. The smallest absolute Gasteiger partial charge is 0.251 e. The van der Waals surface area contributed by atoms with Crippen LogP contribution in [0.4, 0.5) is 10.1 Å². The predicted molar refractivity (Wildman–Crippen MR) is 75.1 cm³/mol. The van der Waals surface area contributed by atoms with Gasteiger partial charge in [-0.15, -0.1) is 0 Å². The lowest BCUT2D eigenvalue weighted by Gasteiger charge is -2.07. The van der Waals surface area contributed by atoms with E-state index in [4.69, 9.17) is 15.2 Å². The Morgan fingerprint density at radius 1 is 1.30 bits per heavy atom. The van der Waals surface area contributed by atoms with E-state index in [1.165, 1.54) is 18.2 Å². The topological polar surface area (TPSA) is 73.6 Å². The standard InChI is InChI=1S/C14H21FN2O3/c1-19-8-9-20-7-3-2-6-17-14(18)11-4-5-12(15)13(16)10-11/h4-5,10H,2-3,6-9,16H2,1H3,(H,17,18). The molecule has 0 saturated carbocycles. The number of carbonyl (C=O) groups is 1. The third-order valence-electron chi connectivity index (χ3n) is 2.69. The van der Waals surface area contributed by atoms with E-state index in [1.807, 2.05) is 0 Å². The number of hydrogen-bond acceptors (Lipinski definition) is 4. The van der Waals surface area contributed by atoms with Crippen molar-refractivity contribution in [2.24, 2.45) is 0 Å². The van der Waals surface area contributed by atoms with Crippen molar-refractivity contribution < 1.29 is 18.7 Å². The highest BCUT2D eigenvalue weighted by Gasteiger charge is 2.07. The van der Waals surface area contributed by atoms with Gasteiger partial charge in [0.05, 0.1) is 18.9 Å². The first kappa shape index (κ1) is 16.4. The summed E-state index contributed by atoms with van der Waals surface area (Å²) in [5, 5.41) is 2.75. The van der Waals surface area contributed by atoms with Crippen LogP contribution in [-0.2, 0) is 9.47 Å². The van der Waals surface area contributed by atoms with Crippen molar-refractivity contribution >= 4 is 11.6 Å². The molecular formula is C14H21FN2O3. The molecule has 0 unspecified atom stereocenters. The second-order valence-electron chi connectivity index (χ2n) is 4.30. The number of nitrogen functional groups attached to an aromatic ring is 1. The van der Waals surface area contributed by atoms with E-state index < -0.39 is 5.82 Å². The van der Waals surface area contributed by atoms with E-state index in [0.29, 0.717) is 31.9 Å². The molecule has 5 nitrogen and oxygen atoms in total. The van der Waals surface area contributed by atoms with Gasteiger partial charge in [0.2, 0.25) is 0 Å². The van der Waals surface area contributed by atoms with Gasteiger partial charge in [-0.25, -0.2) is 4.39 Å². The molecule has 0 spiro atoms. The van der Waals surface area contributed by atoms with Gasteiger partial charge in [0, 0.05) is 25.8 Å². The minimum absolute atomic E-state index is 0.0239. The molecule has 0 radical (unpaired) electrons. The first-order valence-corrected chi connectivity index (χ1v) is 6.55. The van der Waals surface area contributed by atoms with Crippen molar-refractivity contribution in [3.8, 4) is 0 Å². The van der Waals surface area contributed by atoms with E-state index in [0.717, 1.165) is 12.8 Å². The van der Waals surface area contributed by atoms with E-state index in [9.17, 15) is 9.18 Å². The number of ether oxygens (including phenoxy) is 2. The average molecular weight is 284 g/mol. The fourth-order valence-corrected chi connectivity index (χ4v) is 1.56.